The fourth-order valence-electron chi connectivity index (χ4n) is 2.18. The van der Waals surface area contributed by atoms with E-state index >= 15 is 0 Å². The number of carbonyl (C=O) groups excluding carboxylic acids is 1. The molecule has 0 aromatic heterocycles. The Labute approximate surface area is 123 Å². The van der Waals surface area contributed by atoms with Crippen LogP contribution in [-0.4, -0.2) is 11.8 Å². The number of anilines is 1. The average molecular weight is 301 g/mol. The first-order valence-corrected chi connectivity index (χ1v) is 6.93. The number of hydrogen-bond acceptors (Lipinski definition) is 2. The average Bonchev–Trinajstić information content (AvgIpc) is 2.33. The van der Waals surface area contributed by atoms with Gasteiger partial charge in [0.2, 0.25) is 0 Å². The maximum absolute atomic E-state index is 13.7. The van der Waals surface area contributed by atoms with Gasteiger partial charge in [-0.25, -0.2) is 13.2 Å². The summed E-state index contributed by atoms with van der Waals surface area (Å²) in [5.74, 6) is -3.97. The van der Waals surface area contributed by atoms with Crippen LogP contribution >= 0.6 is 0 Å². The lowest BCUT2D eigenvalue weighted by Gasteiger charge is -2.30. The van der Waals surface area contributed by atoms with Crippen LogP contribution in [0.1, 0.15) is 46.6 Å². The third-order valence-electron chi connectivity index (χ3n) is 3.35. The molecule has 0 aliphatic carbocycles. The second kappa shape index (κ2) is 6.08. The molecule has 118 valence electrons. The van der Waals surface area contributed by atoms with Crippen LogP contribution in [0.2, 0.25) is 0 Å². The van der Waals surface area contributed by atoms with E-state index in [-0.39, 0.29) is 17.0 Å². The topological polar surface area (TPSA) is 29.1 Å². The molecule has 1 aromatic rings. The van der Waals surface area contributed by atoms with Gasteiger partial charge in [-0.3, -0.25) is 4.79 Å². The van der Waals surface area contributed by atoms with Crippen molar-refractivity contribution in [1.82, 2.24) is 0 Å². The monoisotopic (exact) mass is 301 g/mol. The van der Waals surface area contributed by atoms with Gasteiger partial charge in [0.1, 0.15) is 5.82 Å². The standard InChI is InChI=1S/C16H22F3NO/c1-6-16(18,19)11-7-12(17)9-13(8-11)20-14(10(2)21)15(3,4)5/h7-9,14,20H,6H2,1-5H3. The van der Waals surface area contributed by atoms with Crippen LogP contribution in [-0.2, 0) is 10.7 Å². The van der Waals surface area contributed by atoms with Gasteiger partial charge in [-0.05, 0) is 30.5 Å². The number of benzene rings is 1. The van der Waals surface area contributed by atoms with Crippen LogP contribution in [0.4, 0.5) is 18.9 Å². The minimum absolute atomic E-state index is 0.129. The van der Waals surface area contributed by atoms with E-state index in [4.69, 9.17) is 0 Å². The summed E-state index contributed by atoms with van der Waals surface area (Å²) in [5, 5.41) is 2.87. The molecular weight excluding hydrogens is 279 g/mol. The van der Waals surface area contributed by atoms with Crippen LogP contribution < -0.4 is 5.32 Å². The normalized spacial score (nSPS) is 13.9. The Morgan fingerprint density at radius 1 is 1.24 bits per heavy atom. The molecule has 1 atom stereocenters. The smallest absolute Gasteiger partial charge is 0.273 e. The van der Waals surface area contributed by atoms with Crippen LogP contribution in [0.5, 0.6) is 0 Å². The second-order valence-electron chi connectivity index (χ2n) is 6.34. The van der Waals surface area contributed by atoms with Crippen LogP contribution in [0.3, 0.4) is 0 Å². The molecule has 1 N–H and O–H groups in total. The fraction of sp³-hybridized carbons (Fsp3) is 0.562. The molecule has 0 spiro atoms. The molecule has 1 unspecified atom stereocenters. The minimum Gasteiger partial charge on any atom is -0.375 e. The highest BCUT2D eigenvalue weighted by Gasteiger charge is 2.32. The lowest BCUT2D eigenvalue weighted by atomic mass is 9.84. The number of carbonyl (C=O) groups is 1. The van der Waals surface area contributed by atoms with Crippen LogP contribution in [0.15, 0.2) is 18.2 Å². The molecule has 0 fully saturated rings. The van der Waals surface area contributed by atoms with Crippen molar-refractivity contribution in [2.24, 2.45) is 5.41 Å². The van der Waals surface area contributed by atoms with Crippen molar-refractivity contribution in [3.8, 4) is 0 Å². The van der Waals surface area contributed by atoms with Gasteiger partial charge in [-0.1, -0.05) is 27.7 Å². The number of rotatable bonds is 5. The molecule has 5 heteroatoms. The molecule has 0 radical (unpaired) electrons. The van der Waals surface area contributed by atoms with E-state index in [1.807, 2.05) is 20.8 Å². The number of Topliss-reactive ketones (excluding diaryl/α,β-unsaturated/α-hetero) is 1. The Bertz CT molecular complexity index is 521. The van der Waals surface area contributed by atoms with Gasteiger partial charge in [0.15, 0.2) is 5.78 Å². The van der Waals surface area contributed by atoms with E-state index in [9.17, 15) is 18.0 Å². The van der Waals surface area contributed by atoms with E-state index < -0.39 is 29.6 Å². The van der Waals surface area contributed by atoms with Crippen molar-refractivity contribution in [1.29, 1.82) is 0 Å². The number of alkyl halides is 2. The Morgan fingerprint density at radius 2 is 1.81 bits per heavy atom. The molecule has 0 saturated heterocycles. The summed E-state index contributed by atoms with van der Waals surface area (Å²) in [5.41, 5.74) is -0.608. The third kappa shape index (κ3) is 4.48. The number of hydrogen-bond donors (Lipinski definition) is 1. The summed E-state index contributed by atoms with van der Waals surface area (Å²) in [7, 11) is 0. The maximum atomic E-state index is 13.7. The summed E-state index contributed by atoms with van der Waals surface area (Å²) >= 11 is 0. The Kier molecular flexibility index (Phi) is 5.07. The molecule has 0 amide bonds. The van der Waals surface area contributed by atoms with Gasteiger partial charge < -0.3 is 5.32 Å². The largest absolute Gasteiger partial charge is 0.375 e. The Balaban J connectivity index is 3.17. The predicted molar refractivity (Wildman–Crippen MR) is 78.1 cm³/mol. The first-order valence-electron chi connectivity index (χ1n) is 6.93. The van der Waals surface area contributed by atoms with Gasteiger partial charge in [0.05, 0.1) is 6.04 Å². The fourth-order valence-corrected chi connectivity index (χ4v) is 2.18. The zero-order valence-electron chi connectivity index (χ0n) is 13.1. The Morgan fingerprint density at radius 3 is 2.24 bits per heavy atom. The highest BCUT2D eigenvalue weighted by molar-refractivity contribution is 5.85. The molecule has 1 aromatic carbocycles. The minimum atomic E-state index is -3.09. The lowest BCUT2D eigenvalue weighted by molar-refractivity contribution is -0.119. The molecule has 0 heterocycles. The first-order chi connectivity index (χ1) is 9.47. The summed E-state index contributed by atoms with van der Waals surface area (Å²) in [6.07, 6.45) is -0.411. The molecule has 0 bridgehead atoms. The molecule has 0 aliphatic heterocycles. The lowest BCUT2D eigenvalue weighted by Crippen LogP contribution is -2.39. The molecule has 1 rings (SSSR count). The number of halogens is 3. The molecule has 0 saturated carbocycles. The number of ketones is 1. The SMILES string of the molecule is CCC(F)(F)c1cc(F)cc(NC(C(C)=O)C(C)(C)C)c1. The summed E-state index contributed by atoms with van der Waals surface area (Å²) in [6.45, 7) is 8.32. The summed E-state index contributed by atoms with van der Waals surface area (Å²) < 4.78 is 41.0. The van der Waals surface area contributed by atoms with Crippen molar-refractivity contribution in [2.45, 2.75) is 53.0 Å². The molecule has 21 heavy (non-hydrogen) atoms. The van der Waals surface area contributed by atoms with Crippen molar-refractivity contribution >= 4 is 11.5 Å². The zero-order valence-corrected chi connectivity index (χ0v) is 13.1. The maximum Gasteiger partial charge on any atom is 0.273 e. The van der Waals surface area contributed by atoms with Gasteiger partial charge in [0.25, 0.3) is 5.92 Å². The van der Waals surface area contributed by atoms with Crippen molar-refractivity contribution < 1.29 is 18.0 Å². The predicted octanol–water partition coefficient (Wildman–Crippen LogP) is 4.74. The molecular formula is C16H22F3NO. The zero-order chi connectivity index (χ0) is 16.4. The summed E-state index contributed by atoms with van der Waals surface area (Å²) in [6, 6.07) is 2.57. The van der Waals surface area contributed by atoms with E-state index in [0.29, 0.717) is 0 Å². The van der Waals surface area contributed by atoms with Gasteiger partial charge in [0, 0.05) is 17.7 Å². The first kappa shape index (κ1) is 17.5. The third-order valence-corrected chi connectivity index (χ3v) is 3.35. The Hall–Kier alpha value is -1.52. The second-order valence-corrected chi connectivity index (χ2v) is 6.34. The quantitative estimate of drug-likeness (QED) is 0.851. The highest BCUT2D eigenvalue weighted by Crippen LogP contribution is 2.34. The van der Waals surface area contributed by atoms with Crippen molar-refractivity contribution in [3.63, 3.8) is 0 Å². The van der Waals surface area contributed by atoms with E-state index in [2.05, 4.69) is 5.32 Å². The van der Waals surface area contributed by atoms with Crippen molar-refractivity contribution in [3.05, 3.63) is 29.6 Å². The van der Waals surface area contributed by atoms with Crippen LogP contribution in [0, 0.1) is 11.2 Å². The van der Waals surface area contributed by atoms with E-state index in [1.54, 1.807) is 0 Å². The highest BCUT2D eigenvalue weighted by atomic mass is 19.3. The van der Waals surface area contributed by atoms with Crippen molar-refractivity contribution in [2.75, 3.05) is 5.32 Å². The van der Waals surface area contributed by atoms with Gasteiger partial charge in [-0.15, -0.1) is 0 Å². The van der Waals surface area contributed by atoms with E-state index in [0.717, 1.165) is 12.1 Å². The van der Waals surface area contributed by atoms with Gasteiger partial charge >= 0.3 is 0 Å². The van der Waals surface area contributed by atoms with Gasteiger partial charge in [-0.2, -0.15) is 0 Å². The summed E-state index contributed by atoms with van der Waals surface area (Å²) in [4.78, 5) is 11.7. The molecule has 2 nitrogen and oxygen atoms in total. The number of nitrogens with one attached hydrogen (secondary N) is 1. The van der Waals surface area contributed by atoms with E-state index in [1.165, 1.54) is 19.9 Å². The van der Waals surface area contributed by atoms with Crippen LogP contribution in [0.25, 0.3) is 0 Å². The molecule has 0 aliphatic rings.